The third-order valence-electron chi connectivity index (χ3n) is 5.56. The molecule has 2 aliphatic rings. The first-order valence-electron chi connectivity index (χ1n) is 10.2. The van der Waals surface area contributed by atoms with Crippen LogP contribution in [-0.2, 0) is 4.74 Å². The van der Waals surface area contributed by atoms with E-state index in [-0.39, 0.29) is 5.91 Å². The number of para-hydroxylation sites is 2. The number of carbonyl (C=O) groups is 1. The van der Waals surface area contributed by atoms with Crippen LogP contribution in [0.15, 0.2) is 42.7 Å². The summed E-state index contributed by atoms with van der Waals surface area (Å²) in [4.78, 5) is 28.0. The number of piperazine rings is 1. The maximum atomic E-state index is 12.9. The van der Waals surface area contributed by atoms with E-state index < -0.39 is 0 Å². The van der Waals surface area contributed by atoms with E-state index in [4.69, 9.17) is 4.74 Å². The van der Waals surface area contributed by atoms with Crippen molar-refractivity contribution in [2.75, 3.05) is 62.3 Å². The number of anilines is 2. The Morgan fingerprint density at radius 1 is 0.900 bits per heavy atom. The van der Waals surface area contributed by atoms with Gasteiger partial charge in [0.05, 0.1) is 42.3 Å². The van der Waals surface area contributed by atoms with Gasteiger partial charge in [0.25, 0.3) is 5.91 Å². The molecule has 9 heteroatoms. The highest BCUT2D eigenvalue weighted by atomic mass is 16.5. The molecule has 2 saturated heterocycles. The van der Waals surface area contributed by atoms with Gasteiger partial charge in [0.1, 0.15) is 5.69 Å². The van der Waals surface area contributed by atoms with Crippen molar-refractivity contribution in [3.05, 3.63) is 48.4 Å². The monoisotopic (exact) mass is 405 g/mol. The van der Waals surface area contributed by atoms with E-state index >= 15 is 0 Å². The highest BCUT2D eigenvalue weighted by molar-refractivity contribution is 5.94. The summed E-state index contributed by atoms with van der Waals surface area (Å²) in [7, 11) is 0. The lowest BCUT2D eigenvalue weighted by atomic mass is 10.2. The molecule has 0 N–H and O–H groups in total. The average Bonchev–Trinajstić information content (AvgIpc) is 2.84. The zero-order chi connectivity index (χ0) is 20.3. The molecule has 4 heterocycles. The van der Waals surface area contributed by atoms with Gasteiger partial charge in [-0.1, -0.05) is 12.1 Å². The van der Waals surface area contributed by atoms with Crippen LogP contribution in [0.5, 0.6) is 0 Å². The van der Waals surface area contributed by atoms with Crippen LogP contribution in [-0.4, -0.2) is 83.5 Å². The summed E-state index contributed by atoms with van der Waals surface area (Å²) in [6.45, 7) is 5.81. The summed E-state index contributed by atoms with van der Waals surface area (Å²) in [5.41, 5.74) is 2.95. The summed E-state index contributed by atoms with van der Waals surface area (Å²) in [6.07, 6.45) is 3.36. The number of aromatic nitrogens is 4. The molecule has 154 valence electrons. The Morgan fingerprint density at radius 3 is 2.47 bits per heavy atom. The van der Waals surface area contributed by atoms with Crippen LogP contribution in [0.25, 0.3) is 11.0 Å². The number of rotatable bonds is 3. The third kappa shape index (κ3) is 3.76. The maximum absolute atomic E-state index is 12.9. The molecule has 5 rings (SSSR count). The summed E-state index contributed by atoms with van der Waals surface area (Å²) >= 11 is 0. The minimum atomic E-state index is -0.0743. The number of amides is 1. The van der Waals surface area contributed by atoms with Crippen molar-refractivity contribution in [3.63, 3.8) is 0 Å². The predicted molar refractivity (Wildman–Crippen MR) is 113 cm³/mol. The molecule has 9 nitrogen and oxygen atoms in total. The molecule has 0 atom stereocenters. The molecule has 0 saturated carbocycles. The molecule has 3 aromatic rings. The summed E-state index contributed by atoms with van der Waals surface area (Å²) in [6, 6.07) is 9.65. The standard InChI is InChI=1S/C21H23N7O2/c29-21(19-15-22-17-3-1-2-4-18(17)24-19)28-7-5-26(6-8-28)16-13-20(25-23-14-16)27-9-11-30-12-10-27/h1-4,13-15H,5-12H2. The quantitative estimate of drug-likeness (QED) is 0.643. The smallest absolute Gasteiger partial charge is 0.274 e. The van der Waals surface area contributed by atoms with Crippen molar-refractivity contribution in [3.8, 4) is 0 Å². The number of morpholine rings is 1. The van der Waals surface area contributed by atoms with E-state index in [0.29, 0.717) is 32.0 Å². The van der Waals surface area contributed by atoms with Gasteiger partial charge < -0.3 is 19.4 Å². The molecule has 0 unspecified atom stereocenters. The van der Waals surface area contributed by atoms with Crippen LogP contribution >= 0.6 is 0 Å². The second-order valence-electron chi connectivity index (χ2n) is 7.39. The first kappa shape index (κ1) is 18.7. The lowest BCUT2D eigenvalue weighted by Gasteiger charge is -2.36. The Labute approximate surface area is 174 Å². The van der Waals surface area contributed by atoms with Gasteiger partial charge in [-0.05, 0) is 12.1 Å². The minimum absolute atomic E-state index is 0.0743. The SMILES string of the molecule is O=C(c1cnc2ccccc2n1)N1CCN(c2cnnc(N3CCOCC3)c2)CC1. The van der Waals surface area contributed by atoms with Crippen molar-refractivity contribution in [2.45, 2.75) is 0 Å². The number of benzene rings is 1. The number of hydrogen-bond donors (Lipinski definition) is 0. The molecular formula is C21H23N7O2. The van der Waals surface area contributed by atoms with Crippen LogP contribution in [0.3, 0.4) is 0 Å². The van der Waals surface area contributed by atoms with Crippen LogP contribution in [0.4, 0.5) is 11.5 Å². The van der Waals surface area contributed by atoms with E-state index in [2.05, 4.69) is 36.0 Å². The van der Waals surface area contributed by atoms with Crippen LogP contribution in [0, 0.1) is 0 Å². The number of hydrogen-bond acceptors (Lipinski definition) is 8. The molecule has 2 fully saturated rings. The fraction of sp³-hybridized carbons (Fsp3) is 0.381. The number of ether oxygens (including phenoxy) is 1. The van der Waals surface area contributed by atoms with Gasteiger partial charge in [0, 0.05) is 45.3 Å². The van der Waals surface area contributed by atoms with E-state index in [1.807, 2.05) is 29.2 Å². The Morgan fingerprint density at radius 2 is 1.67 bits per heavy atom. The normalized spacial score (nSPS) is 17.4. The molecule has 0 radical (unpaired) electrons. The van der Waals surface area contributed by atoms with Crippen molar-refractivity contribution >= 4 is 28.4 Å². The van der Waals surface area contributed by atoms with E-state index in [9.17, 15) is 4.79 Å². The largest absolute Gasteiger partial charge is 0.378 e. The van der Waals surface area contributed by atoms with Gasteiger partial charge >= 0.3 is 0 Å². The number of carbonyl (C=O) groups excluding carboxylic acids is 1. The van der Waals surface area contributed by atoms with Crippen molar-refractivity contribution in [2.24, 2.45) is 0 Å². The molecule has 30 heavy (non-hydrogen) atoms. The summed E-state index contributed by atoms with van der Waals surface area (Å²) in [5.74, 6) is 0.801. The van der Waals surface area contributed by atoms with Gasteiger partial charge in [-0.25, -0.2) is 4.98 Å². The second kappa shape index (κ2) is 8.19. The van der Waals surface area contributed by atoms with Gasteiger partial charge in [-0.3, -0.25) is 9.78 Å². The Hall–Kier alpha value is -3.33. The number of fused-ring (bicyclic) bond motifs is 1. The molecular weight excluding hydrogens is 382 g/mol. The highest BCUT2D eigenvalue weighted by Crippen LogP contribution is 2.21. The molecule has 0 aliphatic carbocycles. The van der Waals surface area contributed by atoms with Crippen LogP contribution < -0.4 is 9.80 Å². The zero-order valence-electron chi connectivity index (χ0n) is 16.6. The Balaban J connectivity index is 1.25. The summed E-state index contributed by atoms with van der Waals surface area (Å²) < 4.78 is 5.41. The van der Waals surface area contributed by atoms with Crippen LogP contribution in [0.1, 0.15) is 10.5 Å². The van der Waals surface area contributed by atoms with Crippen LogP contribution in [0.2, 0.25) is 0 Å². The molecule has 1 aromatic carbocycles. The number of nitrogens with zero attached hydrogens (tertiary/aromatic N) is 7. The van der Waals surface area contributed by atoms with Crippen molar-refractivity contribution in [1.29, 1.82) is 0 Å². The minimum Gasteiger partial charge on any atom is -0.378 e. The molecule has 0 spiro atoms. The maximum Gasteiger partial charge on any atom is 0.274 e. The fourth-order valence-electron chi connectivity index (χ4n) is 3.86. The Bertz CT molecular complexity index is 1050. The van der Waals surface area contributed by atoms with Gasteiger partial charge in [0.2, 0.25) is 0 Å². The molecule has 2 aromatic heterocycles. The molecule has 0 bridgehead atoms. The first-order valence-corrected chi connectivity index (χ1v) is 10.2. The Kier molecular flexibility index (Phi) is 5.10. The second-order valence-corrected chi connectivity index (χ2v) is 7.39. The first-order chi connectivity index (χ1) is 14.8. The predicted octanol–water partition coefficient (Wildman–Crippen LogP) is 1.22. The van der Waals surface area contributed by atoms with Crippen molar-refractivity contribution < 1.29 is 9.53 Å². The van der Waals surface area contributed by atoms with Crippen molar-refractivity contribution in [1.82, 2.24) is 25.1 Å². The van der Waals surface area contributed by atoms with E-state index in [1.54, 1.807) is 12.4 Å². The third-order valence-corrected chi connectivity index (χ3v) is 5.56. The average molecular weight is 405 g/mol. The van der Waals surface area contributed by atoms with E-state index in [0.717, 1.165) is 48.7 Å². The van der Waals surface area contributed by atoms with E-state index in [1.165, 1.54) is 0 Å². The highest BCUT2D eigenvalue weighted by Gasteiger charge is 2.24. The van der Waals surface area contributed by atoms with Gasteiger partial charge in [-0.15, -0.1) is 5.10 Å². The topological polar surface area (TPSA) is 87.6 Å². The fourth-order valence-corrected chi connectivity index (χ4v) is 3.86. The summed E-state index contributed by atoms with van der Waals surface area (Å²) in [5, 5.41) is 8.47. The zero-order valence-corrected chi connectivity index (χ0v) is 16.6. The molecule has 1 amide bonds. The molecule has 2 aliphatic heterocycles. The lowest BCUT2D eigenvalue weighted by molar-refractivity contribution is 0.0741. The lowest BCUT2D eigenvalue weighted by Crippen LogP contribution is -2.49. The van der Waals surface area contributed by atoms with Gasteiger partial charge in [-0.2, -0.15) is 5.10 Å². The van der Waals surface area contributed by atoms with Gasteiger partial charge in [0.15, 0.2) is 5.82 Å².